The predicted octanol–water partition coefficient (Wildman–Crippen LogP) is 8.31. The van der Waals surface area contributed by atoms with Gasteiger partial charge in [-0.15, -0.1) is 0 Å². The maximum atomic E-state index is 6.37. The van der Waals surface area contributed by atoms with Crippen molar-refractivity contribution in [3.05, 3.63) is 30.3 Å². The lowest BCUT2D eigenvalue weighted by atomic mass is 10.1. The van der Waals surface area contributed by atoms with Crippen LogP contribution in [0.2, 0.25) is 12.1 Å². The highest BCUT2D eigenvalue weighted by molar-refractivity contribution is 6.51. The summed E-state index contributed by atoms with van der Waals surface area (Å²) in [4.78, 5) is 0. The van der Waals surface area contributed by atoms with Crippen LogP contribution in [0.4, 0.5) is 0 Å². The Morgan fingerprint density at radius 1 is 0.586 bits per heavy atom. The van der Waals surface area contributed by atoms with Crippen molar-refractivity contribution in [2.75, 3.05) is 13.2 Å². The second-order valence-electron chi connectivity index (χ2n) is 8.47. The van der Waals surface area contributed by atoms with Crippen molar-refractivity contribution < 1.29 is 9.16 Å². The molecule has 0 N–H and O–H groups in total. The molecule has 168 valence electrons. The number of ether oxygens (including phenoxy) is 1. The smallest absolute Gasteiger partial charge is 0.177 e. The molecular weight excluding hydrogens is 372 g/mol. The highest BCUT2D eigenvalue weighted by Gasteiger charge is 2.12. The van der Waals surface area contributed by atoms with Gasteiger partial charge in [0.05, 0.1) is 6.61 Å². The molecule has 0 aliphatic carbocycles. The summed E-state index contributed by atoms with van der Waals surface area (Å²) < 4.78 is 12.2. The van der Waals surface area contributed by atoms with Crippen molar-refractivity contribution in [1.82, 2.24) is 0 Å². The zero-order chi connectivity index (χ0) is 20.8. The standard InChI is InChI=1S/C26H48O2Si/c1-3-5-7-9-11-12-14-19-25-29(24-18-13-10-8-6-4-2)28-23-22-27-26-20-16-15-17-21-26/h15-17,20-21,29H,3-14,18-19,22-25H2,1-2H3. The van der Waals surface area contributed by atoms with Gasteiger partial charge in [0, 0.05) is 0 Å². The van der Waals surface area contributed by atoms with Gasteiger partial charge in [-0.2, -0.15) is 0 Å². The summed E-state index contributed by atoms with van der Waals surface area (Å²) in [6.07, 6.45) is 19.5. The zero-order valence-electron chi connectivity index (χ0n) is 19.5. The van der Waals surface area contributed by atoms with Crippen molar-refractivity contribution in [2.45, 2.75) is 116 Å². The van der Waals surface area contributed by atoms with Crippen LogP contribution >= 0.6 is 0 Å². The second-order valence-corrected chi connectivity index (χ2v) is 11.2. The Hall–Kier alpha value is -0.803. The van der Waals surface area contributed by atoms with E-state index in [1.165, 1.54) is 102 Å². The minimum Gasteiger partial charge on any atom is -0.491 e. The minimum atomic E-state index is -1.07. The third-order valence-electron chi connectivity index (χ3n) is 5.71. The largest absolute Gasteiger partial charge is 0.491 e. The van der Waals surface area contributed by atoms with Gasteiger partial charge in [0.1, 0.15) is 12.4 Å². The highest BCUT2D eigenvalue weighted by atomic mass is 28.3. The predicted molar refractivity (Wildman–Crippen MR) is 131 cm³/mol. The molecule has 0 fully saturated rings. The van der Waals surface area contributed by atoms with Crippen LogP contribution in [0.3, 0.4) is 0 Å². The molecule has 3 heteroatoms. The lowest BCUT2D eigenvalue weighted by molar-refractivity contribution is 0.215. The fourth-order valence-corrected chi connectivity index (χ4v) is 6.40. The van der Waals surface area contributed by atoms with Crippen LogP contribution in [0.25, 0.3) is 0 Å². The fourth-order valence-electron chi connectivity index (χ4n) is 3.86. The van der Waals surface area contributed by atoms with E-state index in [0.717, 1.165) is 12.4 Å². The maximum absolute atomic E-state index is 6.37. The van der Waals surface area contributed by atoms with E-state index in [-0.39, 0.29) is 0 Å². The number of rotatable bonds is 21. The van der Waals surface area contributed by atoms with Crippen LogP contribution < -0.4 is 4.74 Å². The highest BCUT2D eigenvalue weighted by Crippen LogP contribution is 2.16. The Morgan fingerprint density at radius 3 is 1.59 bits per heavy atom. The van der Waals surface area contributed by atoms with Gasteiger partial charge < -0.3 is 9.16 Å². The first kappa shape index (κ1) is 26.2. The second kappa shape index (κ2) is 20.5. The van der Waals surface area contributed by atoms with Crippen molar-refractivity contribution in [3.8, 4) is 5.75 Å². The molecule has 29 heavy (non-hydrogen) atoms. The van der Waals surface area contributed by atoms with Crippen LogP contribution in [0.5, 0.6) is 5.75 Å². The molecule has 0 saturated carbocycles. The lowest BCUT2D eigenvalue weighted by Gasteiger charge is -2.17. The van der Waals surface area contributed by atoms with Crippen molar-refractivity contribution in [1.29, 1.82) is 0 Å². The van der Waals surface area contributed by atoms with Crippen LogP contribution in [-0.2, 0) is 4.43 Å². The minimum absolute atomic E-state index is 0.682. The van der Waals surface area contributed by atoms with Gasteiger partial charge in [0.25, 0.3) is 0 Å². The summed E-state index contributed by atoms with van der Waals surface area (Å²) in [6, 6.07) is 12.8. The van der Waals surface area contributed by atoms with E-state index in [2.05, 4.69) is 13.8 Å². The molecule has 0 aromatic heterocycles. The summed E-state index contributed by atoms with van der Waals surface area (Å²) in [7, 11) is -1.07. The average Bonchev–Trinajstić information content (AvgIpc) is 2.75. The van der Waals surface area contributed by atoms with Crippen LogP contribution in [-0.4, -0.2) is 22.3 Å². The van der Waals surface area contributed by atoms with Gasteiger partial charge in [0.15, 0.2) is 9.04 Å². The molecule has 1 unspecified atom stereocenters. The summed E-state index contributed by atoms with van der Waals surface area (Å²) >= 11 is 0. The number of benzene rings is 1. The Balaban J connectivity index is 2.16. The topological polar surface area (TPSA) is 18.5 Å². The van der Waals surface area contributed by atoms with E-state index in [9.17, 15) is 0 Å². The molecule has 0 aliphatic rings. The number of hydrogen-bond acceptors (Lipinski definition) is 2. The Bertz CT molecular complexity index is 438. The van der Waals surface area contributed by atoms with Crippen LogP contribution in [0, 0.1) is 0 Å². The monoisotopic (exact) mass is 420 g/mol. The van der Waals surface area contributed by atoms with Crippen LogP contribution in [0.1, 0.15) is 104 Å². The van der Waals surface area contributed by atoms with E-state index < -0.39 is 9.04 Å². The Kier molecular flexibility index (Phi) is 18.5. The molecule has 0 amide bonds. The van der Waals surface area contributed by atoms with Gasteiger partial charge in [-0.05, 0) is 24.2 Å². The molecule has 2 nitrogen and oxygen atoms in total. The fraction of sp³-hybridized carbons (Fsp3) is 0.769. The van der Waals surface area contributed by atoms with Crippen LogP contribution in [0.15, 0.2) is 30.3 Å². The lowest BCUT2D eigenvalue weighted by Crippen LogP contribution is -2.21. The Labute approximate surface area is 183 Å². The van der Waals surface area contributed by atoms with Crippen molar-refractivity contribution in [3.63, 3.8) is 0 Å². The first-order valence-electron chi connectivity index (χ1n) is 12.7. The molecule has 0 heterocycles. The molecule has 1 aromatic rings. The summed E-state index contributed by atoms with van der Waals surface area (Å²) in [5.74, 6) is 0.952. The number of para-hydroxylation sites is 1. The molecule has 0 spiro atoms. The first-order valence-corrected chi connectivity index (χ1v) is 14.8. The molecule has 1 rings (SSSR count). The average molecular weight is 421 g/mol. The van der Waals surface area contributed by atoms with E-state index >= 15 is 0 Å². The van der Waals surface area contributed by atoms with Crippen molar-refractivity contribution in [2.24, 2.45) is 0 Å². The zero-order valence-corrected chi connectivity index (χ0v) is 20.7. The van der Waals surface area contributed by atoms with Gasteiger partial charge in [-0.25, -0.2) is 0 Å². The quantitative estimate of drug-likeness (QED) is 0.147. The molecule has 0 aliphatic heterocycles. The SMILES string of the molecule is CCCCCCCCCC[SiH](CCCCCCCC)OCCOc1ccccc1. The molecule has 0 radical (unpaired) electrons. The number of unbranched alkanes of at least 4 members (excludes halogenated alkanes) is 12. The summed E-state index contributed by atoms with van der Waals surface area (Å²) in [5.41, 5.74) is 0. The van der Waals surface area contributed by atoms with Gasteiger partial charge in [0.2, 0.25) is 0 Å². The third kappa shape index (κ3) is 16.7. The number of hydrogen-bond donors (Lipinski definition) is 0. The molecule has 0 saturated heterocycles. The normalized spacial score (nSPS) is 12.2. The maximum Gasteiger partial charge on any atom is 0.177 e. The molecule has 1 aromatic carbocycles. The summed E-state index contributed by atoms with van der Waals surface area (Å²) in [6.45, 7) is 6.03. The Morgan fingerprint density at radius 2 is 1.07 bits per heavy atom. The molecule has 1 atom stereocenters. The third-order valence-corrected chi connectivity index (χ3v) is 8.52. The van der Waals surface area contributed by atoms with Gasteiger partial charge >= 0.3 is 0 Å². The van der Waals surface area contributed by atoms with E-state index in [1.54, 1.807) is 0 Å². The van der Waals surface area contributed by atoms with E-state index in [4.69, 9.17) is 9.16 Å². The molecule has 0 bridgehead atoms. The molecular formula is C26H48O2Si. The van der Waals surface area contributed by atoms with E-state index in [0.29, 0.717) is 6.61 Å². The van der Waals surface area contributed by atoms with Gasteiger partial charge in [-0.3, -0.25) is 0 Å². The van der Waals surface area contributed by atoms with Crippen molar-refractivity contribution >= 4 is 9.04 Å². The van der Waals surface area contributed by atoms with Gasteiger partial charge in [-0.1, -0.05) is 122 Å². The van der Waals surface area contributed by atoms with E-state index in [1.807, 2.05) is 30.3 Å². The first-order chi connectivity index (χ1) is 14.4. The summed E-state index contributed by atoms with van der Waals surface area (Å²) in [5, 5.41) is 0.